The van der Waals surface area contributed by atoms with E-state index in [1.54, 1.807) is 24.3 Å². The summed E-state index contributed by atoms with van der Waals surface area (Å²) in [6, 6.07) is 6.86. The second-order valence-electron chi connectivity index (χ2n) is 4.12. The van der Waals surface area contributed by atoms with E-state index < -0.39 is 0 Å². The van der Waals surface area contributed by atoms with E-state index in [0.717, 1.165) is 12.8 Å². The van der Waals surface area contributed by atoms with Crippen LogP contribution in [-0.4, -0.2) is 24.4 Å². The number of hydrogen-bond acceptors (Lipinski definition) is 3. The summed E-state index contributed by atoms with van der Waals surface area (Å²) >= 11 is 0. The lowest BCUT2D eigenvalue weighted by atomic mass is 10.1. The zero-order chi connectivity index (χ0) is 12.3. The molecule has 0 unspecified atom stereocenters. The van der Waals surface area contributed by atoms with E-state index in [0.29, 0.717) is 17.9 Å². The van der Waals surface area contributed by atoms with Crippen LogP contribution in [0.5, 0.6) is 0 Å². The topological polar surface area (TPSA) is 55.4 Å². The number of ketones is 1. The predicted octanol–water partition coefficient (Wildman–Crippen LogP) is 2.01. The molecule has 0 aromatic heterocycles. The quantitative estimate of drug-likeness (QED) is 0.812. The molecule has 2 rings (SSSR count). The summed E-state index contributed by atoms with van der Waals surface area (Å²) in [7, 11) is 0. The van der Waals surface area contributed by atoms with Gasteiger partial charge in [-0.05, 0) is 44.0 Å². The molecule has 90 valence electrons. The SMILES string of the molecule is CC(=O)c1ccc(NC(=O)[C@H]2CCCO2)cc1. The molecule has 1 amide bonds. The van der Waals surface area contributed by atoms with E-state index in [1.165, 1.54) is 6.92 Å². The molecular formula is C13H15NO3. The zero-order valence-corrected chi connectivity index (χ0v) is 9.73. The predicted molar refractivity (Wildman–Crippen MR) is 64.1 cm³/mol. The maximum Gasteiger partial charge on any atom is 0.253 e. The number of benzene rings is 1. The van der Waals surface area contributed by atoms with Gasteiger partial charge < -0.3 is 10.1 Å². The average molecular weight is 233 g/mol. The number of carbonyl (C=O) groups is 2. The Morgan fingerprint density at radius 3 is 2.53 bits per heavy atom. The molecule has 0 spiro atoms. The average Bonchev–Trinajstić information content (AvgIpc) is 2.83. The van der Waals surface area contributed by atoms with Gasteiger partial charge in [0.05, 0.1) is 0 Å². The van der Waals surface area contributed by atoms with Crippen molar-refractivity contribution in [1.29, 1.82) is 0 Å². The Bertz CT molecular complexity index is 419. The van der Waals surface area contributed by atoms with Crippen molar-refractivity contribution in [3.8, 4) is 0 Å². The molecule has 1 atom stereocenters. The van der Waals surface area contributed by atoms with Gasteiger partial charge in [-0.1, -0.05) is 0 Å². The first-order valence-electron chi connectivity index (χ1n) is 5.70. The number of amides is 1. The van der Waals surface area contributed by atoms with E-state index in [1.807, 2.05) is 0 Å². The molecule has 1 aliphatic rings. The zero-order valence-electron chi connectivity index (χ0n) is 9.73. The van der Waals surface area contributed by atoms with Gasteiger partial charge in [0, 0.05) is 17.9 Å². The normalized spacial score (nSPS) is 19.0. The molecule has 4 nitrogen and oxygen atoms in total. The first-order valence-corrected chi connectivity index (χ1v) is 5.70. The van der Waals surface area contributed by atoms with Crippen LogP contribution in [0.25, 0.3) is 0 Å². The van der Waals surface area contributed by atoms with Gasteiger partial charge in [-0.25, -0.2) is 0 Å². The van der Waals surface area contributed by atoms with Crippen molar-refractivity contribution < 1.29 is 14.3 Å². The van der Waals surface area contributed by atoms with Crippen molar-refractivity contribution in [2.24, 2.45) is 0 Å². The molecule has 1 aromatic rings. The van der Waals surface area contributed by atoms with Crippen LogP contribution in [0.1, 0.15) is 30.1 Å². The summed E-state index contributed by atoms with van der Waals surface area (Å²) in [5.41, 5.74) is 1.33. The van der Waals surface area contributed by atoms with Gasteiger partial charge in [0.25, 0.3) is 5.91 Å². The Labute approximate surface area is 100.0 Å². The van der Waals surface area contributed by atoms with Gasteiger partial charge in [-0.2, -0.15) is 0 Å². The van der Waals surface area contributed by atoms with Crippen molar-refractivity contribution >= 4 is 17.4 Å². The Kier molecular flexibility index (Phi) is 3.54. The Hall–Kier alpha value is -1.68. The smallest absolute Gasteiger partial charge is 0.253 e. The maximum atomic E-state index is 11.7. The number of anilines is 1. The minimum absolute atomic E-state index is 0.0157. The van der Waals surface area contributed by atoms with Crippen LogP contribution >= 0.6 is 0 Å². The fourth-order valence-electron chi connectivity index (χ4n) is 1.80. The molecule has 1 heterocycles. The second kappa shape index (κ2) is 5.10. The first-order chi connectivity index (χ1) is 8.16. The van der Waals surface area contributed by atoms with Crippen molar-refractivity contribution in [3.05, 3.63) is 29.8 Å². The highest BCUT2D eigenvalue weighted by Gasteiger charge is 2.23. The van der Waals surface area contributed by atoms with E-state index in [2.05, 4.69) is 5.32 Å². The third-order valence-electron chi connectivity index (χ3n) is 2.78. The van der Waals surface area contributed by atoms with Gasteiger partial charge in [-0.3, -0.25) is 9.59 Å². The van der Waals surface area contributed by atoms with Crippen LogP contribution in [0.4, 0.5) is 5.69 Å². The number of Topliss-reactive ketones (excluding diaryl/α,β-unsaturated/α-hetero) is 1. The van der Waals surface area contributed by atoms with E-state index in [9.17, 15) is 9.59 Å². The second-order valence-corrected chi connectivity index (χ2v) is 4.12. The van der Waals surface area contributed by atoms with Crippen LogP contribution in [-0.2, 0) is 9.53 Å². The molecule has 1 N–H and O–H groups in total. The molecule has 1 fully saturated rings. The molecule has 0 aliphatic carbocycles. The highest BCUT2D eigenvalue weighted by Crippen LogP contribution is 2.15. The van der Waals surface area contributed by atoms with Crippen molar-refractivity contribution in [3.63, 3.8) is 0 Å². The Morgan fingerprint density at radius 1 is 1.29 bits per heavy atom. The van der Waals surface area contributed by atoms with Crippen LogP contribution in [0.3, 0.4) is 0 Å². The summed E-state index contributed by atoms with van der Waals surface area (Å²) in [5.74, 6) is -0.0972. The molecular weight excluding hydrogens is 218 g/mol. The number of carbonyl (C=O) groups excluding carboxylic acids is 2. The monoisotopic (exact) mass is 233 g/mol. The van der Waals surface area contributed by atoms with E-state index >= 15 is 0 Å². The molecule has 1 aromatic carbocycles. The van der Waals surface area contributed by atoms with Crippen molar-refractivity contribution in [2.75, 3.05) is 11.9 Å². The van der Waals surface area contributed by atoms with Crippen molar-refractivity contribution in [2.45, 2.75) is 25.9 Å². The summed E-state index contributed by atoms with van der Waals surface area (Å²) in [6.45, 7) is 2.17. The number of nitrogens with one attached hydrogen (secondary N) is 1. The molecule has 4 heteroatoms. The molecule has 0 bridgehead atoms. The Balaban J connectivity index is 1.98. The highest BCUT2D eigenvalue weighted by atomic mass is 16.5. The standard InChI is InChI=1S/C13H15NO3/c1-9(15)10-4-6-11(7-5-10)14-13(16)12-3-2-8-17-12/h4-7,12H,2-3,8H2,1H3,(H,14,16)/t12-/m1/s1. The van der Waals surface area contributed by atoms with E-state index in [4.69, 9.17) is 4.74 Å². The summed E-state index contributed by atoms with van der Waals surface area (Å²) in [4.78, 5) is 22.8. The minimum Gasteiger partial charge on any atom is -0.368 e. The lowest BCUT2D eigenvalue weighted by Gasteiger charge is -2.10. The van der Waals surface area contributed by atoms with E-state index in [-0.39, 0.29) is 17.8 Å². The summed E-state index contributed by atoms with van der Waals surface area (Å²) < 4.78 is 5.28. The summed E-state index contributed by atoms with van der Waals surface area (Å²) in [5, 5.41) is 2.77. The summed E-state index contributed by atoms with van der Waals surface area (Å²) in [6.07, 6.45) is 1.38. The number of ether oxygens (including phenoxy) is 1. The van der Waals surface area contributed by atoms with Gasteiger partial charge in [0.15, 0.2) is 5.78 Å². The van der Waals surface area contributed by atoms with Gasteiger partial charge in [0.1, 0.15) is 6.10 Å². The van der Waals surface area contributed by atoms with Crippen LogP contribution in [0.15, 0.2) is 24.3 Å². The molecule has 1 saturated heterocycles. The number of rotatable bonds is 3. The third kappa shape index (κ3) is 2.91. The van der Waals surface area contributed by atoms with Gasteiger partial charge >= 0.3 is 0 Å². The van der Waals surface area contributed by atoms with Crippen LogP contribution in [0.2, 0.25) is 0 Å². The first kappa shape index (κ1) is 11.8. The molecule has 1 aliphatic heterocycles. The fourth-order valence-corrected chi connectivity index (χ4v) is 1.80. The molecule has 17 heavy (non-hydrogen) atoms. The van der Waals surface area contributed by atoms with Gasteiger partial charge in [-0.15, -0.1) is 0 Å². The number of hydrogen-bond donors (Lipinski definition) is 1. The Morgan fingerprint density at radius 2 is 2.00 bits per heavy atom. The third-order valence-corrected chi connectivity index (χ3v) is 2.78. The van der Waals surface area contributed by atoms with Crippen molar-refractivity contribution in [1.82, 2.24) is 0 Å². The minimum atomic E-state index is -0.331. The largest absolute Gasteiger partial charge is 0.368 e. The highest BCUT2D eigenvalue weighted by molar-refractivity contribution is 5.96. The fraction of sp³-hybridized carbons (Fsp3) is 0.385. The van der Waals surface area contributed by atoms with Crippen LogP contribution < -0.4 is 5.32 Å². The lowest BCUT2D eigenvalue weighted by Crippen LogP contribution is -2.26. The maximum absolute atomic E-state index is 11.7. The molecule has 0 radical (unpaired) electrons. The lowest BCUT2D eigenvalue weighted by molar-refractivity contribution is -0.124. The van der Waals surface area contributed by atoms with Crippen LogP contribution in [0, 0.1) is 0 Å². The van der Waals surface area contributed by atoms with Gasteiger partial charge in [0.2, 0.25) is 0 Å². The molecule has 0 saturated carbocycles.